The van der Waals surface area contributed by atoms with Gasteiger partial charge in [0.25, 0.3) is 5.91 Å². The number of nitriles is 1. The second kappa shape index (κ2) is 3.92. The van der Waals surface area contributed by atoms with E-state index in [9.17, 15) is 14.0 Å². The summed E-state index contributed by atoms with van der Waals surface area (Å²) >= 11 is 0. The normalized spacial score (nSPS) is 36.1. The SMILES string of the molecule is CC(C)[C@@H]1N(C(=O)C2(F)CC2C#N)C(=O)OC1(C)C. The molecule has 0 radical (unpaired) electrons. The van der Waals surface area contributed by atoms with Crippen LogP contribution in [0.15, 0.2) is 0 Å². The lowest BCUT2D eigenvalue weighted by molar-refractivity contribution is -0.137. The molecular weight excluding hydrogens is 251 g/mol. The van der Waals surface area contributed by atoms with Crippen LogP contribution in [-0.2, 0) is 9.53 Å². The molecule has 2 amide bonds. The van der Waals surface area contributed by atoms with E-state index in [2.05, 4.69) is 0 Å². The highest BCUT2D eigenvalue weighted by Gasteiger charge is 2.67. The average molecular weight is 268 g/mol. The summed E-state index contributed by atoms with van der Waals surface area (Å²) in [5.74, 6) is -1.95. The van der Waals surface area contributed by atoms with Crippen LogP contribution >= 0.6 is 0 Å². The first-order chi connectivity index (χ1) is 8.65. The van der Waals surface area contributed by atoms with E-state index < -0.39 is 35.2 Å². The maximum atomic E-state index is 14.3. The Hall–Kier alpha value is -1.64. The lowest BCUT2D eigenvalue weighted by atomic mass is 9.88. The van der Waals surface area contributed by atoms with Crippen LogP contribution in [0.25, 0.3) is 0 Å². The number of halogens is 1. The molecule has 1 saturated carbocycles. The van der Waals surface area contributed by atoms with Crippen molar-refractivity contribution in [2.24, 2.45) is 11.8 Å². The first kappa shape index (κ1) is 13.8. The fourth-order valence-corrected chi connectivity index (χ4v) is 2.89. The van der Waals surface area contributed by atoms with Crippen molar-refractivity contribution >= 4 is 12.0 Å². The minimum absolute atomic E-state index is 0.0618. The largest absolute Gasteiger partial charge is 0.441 e. The average Bonchev–Trinajstić information content (AvgIpc) is 2.88. The molecule has 1 saturated heterocycles. The maximum Gasteiger partial charge on any atom is 0.417 e. The van der Waals surface area contributed by atoms with E-state index in [4.69, 9.17) is 10.00 Å². The molecule has 6 heteroatoms. The molecule has 5 nitrogen and oxygen atoms in total. The van der Waals surface area contributed by atoms with E-state index in [0.717, 1.165) is 4.90 Å². The Kier molecular flexibility index (Phi) is 2.85. The number of rotatable bonds is 2. The molecule has 2 aliphatic rings. The third-order valence-corrected chi connectivity index (χ3v) is 3.79. The summed E-state index contributed by atoms with van der Waals surface area (Å²) in [6.07, 6.45) is -0.966. The van der Waals surface area contributed by atoms with E-state index in [1.165, 1.54) is 0 Å². The first-order valence-corrected chi connectivity index (χ1v) is 6.30. The minimum atomic E-state index is -2.22. The molecule has 0 spiro atoms. The molecule has 0 aromatic carbocycles. The van der Waals surface area contributed by atoms with Crippen molar-refractivity contribution in [1.29, 1.82) is 5.26 Å². The number of carbonyl (C=O) groups is 2. The van der Waals surface area contributed by atoms with Crippen LogP contribution in [0.4, 0.5) is 9.18 Å². The summed E-state index contributed by atoms with van der Waals surface area (Å²) in [4.78, 5) is 24.9. The predicted octanol–water partition coefficient (Wildman–Crippen LogP) is 2.02. The van der Waals surface area contributed by atoms with E-state index in [0.29, 0.717) is 0 Å². The first-order valence-electron chi connectivity index (χ1n) is 6.30. The van der Waals surface area contributed by atoms with Gasteiger partial charge in [-0.15, -0.1) is 0 Å². The Morgan fingerprint density at radius 2 is 2.16 bits per heavy atom. The summed E-state index contributed by atoms with van der Waals surface area (Å²) in [7, 11) is 0. The fraction of sp³-hybridized carbons (Fsp3) is 0.769. The number of amides is 2. The smallest absolute Gasteiger partial charge is 0.417 e. The second-order valence-electron chi connectivity index (χ2n) is 6.08. The van der Waals surface area contributed by atoms with E-state index in [-0.39, 0.29) is 12.3 Å². The molecule has 104 valence electrons. The van der Waals surface area contributed by atoms with Gasteiger partial charge in [-0.1, -0.05) is 13.8 Å². The van der Waals surface area contributed by atoms with Crippen molar-refractivity contribution in [3.8, 4) is 6.07 Å². The van der Waals surface area contributed by atoms with E-state index >= 15 is 0 Å². The van der Waals surface area contributed by atoms with Gasteiger partial charge in [0.15, 0.2) is 0 Å². The highest BCUT2D eigenvalue weighted by atomic mass is 19.1. The van der Waals surface area contributed by atoms with Crippen molar-refractivity contribution in [3.63, 3.8) is 0 Å². The highest BCUT2D eigenvalue weighted by Crippen LogP contribution is 2.50. The molecule has 19 heavy (non-hydrogen) atoms. The lowest BCUT2D eigenvalue weighted by Crippen LogP contribution is -2.51. The highest BCUT2D eigenvalue weighted by molar-refractivity contribution is 6.01. The molecule has 2 rings (SSSR count). The topological polar surface area (TPSA) is 70.4 Å². The standard InChI is InChI=1S/C13H17FN2O3/c1-7(2)9-12(3,4)19-11(18)16(9)10(17)13(14)5-8(13)6-15/h7-9H,5H2,1-4H3/t8?,9-,13?/m0/s1. The molecule has 1 aliphatic heterocycles. The second-order valence-corrected chi connectivity index (χ2v) is 6.08. The quantitative estimate of drug-likeness (QED) is 0.768. The molecule has 2 unspecified atom stereocenters. The van der Waals surface area contributed by atoms with Gasteiger partial charge in [0.05, 0.1) is 18.0 Å². The summed E-state index contributed by atoms with van der Waals surface area (Å²) in [5.41, 5.74) is -3.07. The van der Waals surface area contributed by atoms with Gasteiger partial charge in [-0.25, -0.2) is 14.1 Å². The van der Waals surface area contributed by atoms with Crippen LogP contribution in [0.5, 0.6) is 0 Å². The van der Waals surface area contributed by atoms with Crippen LogP contribution in [0.1, 0.15) is 34.1 Å². The summed E-state index contributed by atoms with van der Waals surface area (Å²) in [5, 5.41) is 8.70. The van der Waals surface area contributed by atoms with Gasteiger partial charge < -0.3 is 4.74 Å². The zero-order chi connectivity index (χ0) is 14.6. The fourth-order valence-electron chi connectivity index (χ4n) is 2.89. The molecule has 0 N–H and O–H groups in total. The number of cyclic esters (lactones) is 1. The molecule has 1 heterocycles. The molecule has 0 aromatic heterocycles. The zero-order valence-corrected chi connectivity index (χ0v) is 11.4. The Morgan fingerprint density at radius 1 is 1.58 bits per heavy atom. The summed E-state index contributed by atoms with van der Waals surface area (Å²) < 4.78 is 19.4. The summed E-state index contributed by atoms with van der Waals surface area (Å²) in [6.45, 7) is 7.08. The number of hydrogen-bond donors (Lipinski definition) is 0. The minimum Gasteiger partial charge on any atom is -0.441 e. The van der Waals surface area contributed by atoms with Crippen LogP contribution in [0, 0.1) is 23.2 Å². The van der Waals surface area contributed by atoms with E-state index in [1.54, 1.807) is 19.9 Å². The summed E-state index contributed by atoms with van der Waals surface area (Å²) in [6, 6.07) is 1.21. The van der Waals surface area contributed by atoms with Crippen molar-refractivity contribution in [1.82, 2.24) is 4.90 Å². The van der Waals surface area contributed by atoms with Crippen molar-refractivity contribution in [3.05, 3.63) is 0 Å². The molecule has 3 atom stereocenters. The van der Waals surface area contributed by atoms with Gasteiger partial charge in [0.1, 0.15) is 5.60 Å². The Labute approximate surface area is 111 Å². The number of alkyl halides is 1. The monoisotopic (exact) mass is 268 g/mol. The zero-order valence-electron chi connectivity index (χ0n) is 11.4. The number of hydrogen-bond acceptors (Lipinski definition) is 4. The third kappa shape index (κ3) is 1.88. The Morgan fingerprint density at radius 3 is 2.58 bits per heavy atom. The van der Waals surface area contributed by atoms with Crippen molar-refractivity contribution in [2.75, 3.05) is 0 Å². The number of imide groups is 1. The number of nitrogens with zero attached hydrogens (tertiary/aromatic N) is 2. The van der Waals surface area contributed by atoms with Crippen LogP contribution in [0.3, 0.4) is 0 Å². The molecule has 0 aromatic rings. The molecule has 2 fully saturated rings. The Bertz CT molecular complexity index is 483. The third-order valence-electron chi connectivity index (χ3n) is 3.79. The predicted molar refractivity (Wildman–Crippen MR) is 63.6 cm³/mol. The van der Waals surface area contributed by atoms with Crippen LogP contribution in [0.2, 0.25) is 0 Å². The van der Waals surface area contributed by atoms with Crippen molar-refractivity contribution in [2.45, 2.75) is 51.4 Å². The van der Waals surface area contributed by atoms with Gasteiger partial charge in [-0.05, 0) is 19.8 Å². The Balaban J connectivity index is 2.31. The van der Waals surface area contributed by atoms with Gasteiger partial charge in [-0.2, -0.15) is 5.26 Å². The van der Waals surface area contributed by atoms with Crippen LogP contribution in [-0.4, -0.2) is 34.2 Å². The molecular formula is C13H17FN2O3. The number of carbonyl (C=O) groups excluding carboxylic acids is 2. The van der Waals surface area contributed by atoms with Gasteiger partial charge in [-0.3, -0.25) is 4.79 Å². The van der Waals surface area contributed by atoms with Gasteiger partial charge in [0, 0.05) is 6.42 Å². The number of ether oxygens (including phenoxy) is 1. The van der Waals surface area contributed by atoms with Gasteiger partial charge in [0.2, 0.25) is 5.67 Å². The lowest BCUT2D eigenvalue weighted by Gasteiger charge is -2.31. The molecule has 1 aliphatic carbocycles. The molecule has 0 bridgehead atoms. The maximum absolute atomic E-state index is 14.3. The van der Waals surface area contributed by atoms with Gasteiger partial charge >= 0.3 is 6.09 Å². The van der Waals surface area contributed by atoms with Crippen molar-refractivity contribution < 1.29 is 18.7 Å². The van der Waals surface area contributed by atoms with Crippen LogP contribution < -0.4 is 0 Å². The van der Waals surface area contributed by atoms with E-state index in [1.807, 2.05) is 13.8 Å².